The zero-order valence-electron chi connectivity index (χ0n) is 11.5. The quantitative estimate of drug-likeness (QED) is 0.609. The van der Waals surface area contributed by atoms with Gasteiger partial charge in [-0.05, 0) is 25.5 Å². The third-order valence-corrected chi connectivity index (χ3v) is 4.83. The highest BCUT2D eigenvalue weighted by Crippen LogP contribution is 2.28. The highest BCUT2D eigenvalue weighted by Gasteiger charge is 2.26. The summed E-state index contributed by atoms with van der Waals surface area (Å²) in [6.07, 6.45) is 1.64. The van der Waals surface area contributed by atoms with Gasteiger partial charge in [0.05, 0.1) is 18.1 Å². The van der Waals surface area contributed by atoms with Crippen LogP contribution in [-0.4, -0.2) is 39.6 Å². The maximum absolute atomic E-state index is 12.4. The Morgan fingerprint density at radius 2 is 2.24 bits per heavy atom. The molecule has 9 heteroatoms. The maximum atomic E-state index is 12.4. The Kier molecular flexibility index (Phi) is 4.76. The number of ether oxygens (including phenoxy) is 1. The van der Waals surface area contributed by atoms with Crippen LogP contribution < -0.4 is 14.8 Å². The zero-order valence-corrected chi connectivity index (χ0v) is 12.4. The summed E-state index contributed by atoms with van der Waals surface area (Å²) in [5.74, 6) is -0.0412. The lowest BCUT2D eigenvalue weighted by atomic mass is 10.1. The van der Waals surface area contributed by atoms with E-state index < -0.39 is 14.9 Å². The first-order valence-corrected chi connectivity index (χ1v) is 7.98. The number of benzene rings is 1. The summed E-state index contributed by atoms with van der Waals surface area (Å²) in [5, 5.41) is 13.8. The lowest BCUT2D eigenvalue weighted by Gasteiger charge is -2.24. The number of piperidine rings is 1. The van der Waals surface area contributed by atoms with E-state index in [9.17, 15) is 18.5 Å². The smallest absolute Gasteiger partial charge is 0.273 e. The molecule has 0 aliphatic carbocycles. The molecule has 1 aromatic carbocycles. The van der Waals surface area contributed by atoms with Crippen LogP contribution in [0.3, 0.4) is 0 Å². The minimum atomic E-state index is -3.78. The molecule has 1 atom stereocenters. The van der Waals surface area contributed by atoms with E-state index in [2.05, 4.69) is 10.0 Å². The van der Waals surface area contributed by atoms with Gasteiger partial charge >= 0.3 is 0 Å². The average molecular weight is 315 g/mol. The van der Waals surface area contributed by atoms with E-state index in [4.69, 9.17) is 4.74 Å². The first kappa shape index (κ1) is 15.7. The van der Waals surface area contributed by atoms with E-state index >= 15 is 0 Å². The normalized spacial score (nSPS) is 19.2. The van der Waals surface area contributed by atoms with E-state index in [-0.39, 0.29) is 22.4 Å². The maximum Gasteiger partial charge on any atom is 0.273 e. The number of sulfonamides is 1. The first-order chi connectivity index (χ1) is 9.94. The molecule has 0 unspecified atom stereocenters. The number of methoxy groups -OCH3 is 1. The van der Waals surface area contributed by atoms with Crippen molar-refractivity contribution in [2.45, 2.75) is 23.8 Å². The molecule has 2 rings (SSSR count). The van der Waals surface area contributed by atoms with Gasteiger partial charge in [-0.25, -0.2) is 13.1 Å². The van der Waals surface area contributed by atoms with Gasteiger partial charge < -0.3 is 10.1 Å². The molecule has 8 nitrogen and oxygen atoms in total. The number of nitro groups is 1. The summed E-state index contributed by atoms with van der Waals surface area (Å²) in [5.41, 5.74) is -0.217. The van der Waals surface area contributed by atoms with E-state index in [0.717, 1.165) is 31.5 Å². The van der Waals surface area contributed by atoms with Crippen LogP contribution in [-0.2, 0) is 10.0 Å². The second-order valence-electron chi connectivity index (χ2n) is 4.76. The van der Waals surface area contributed by atoms with Crippen LogP contribution in [0, 0.1) is 10.1 Å². The van der Waals surface area contributed by atoms with E-state index in [1.165, 1.54) is 13.2 Å². The number of hydrogen-bond acceptors (Lipinski definition) is 6. The largest absolute Gasteiger partial charge is 0.495 e. The van der Waals surface area contributed by atoms with Crippen molar-refractivity contribution in [3.8, 4) is 5.75 Å². The van der Waals surface area contributed by atoms with Crippen molar-refractivity contribution in [3.63, 3.8) is 0 Å². The predicted octanol–water partition coefficient (Wildman–Crippen LogP) is 0.634. The fraction of sp³-hybridized carbons (Fsp3) is 0.500. The molecule has 21 heavy (non-hydrogen) atoms. The van der Waals surface area contributed by atoms with Crippen molar-refractivity contribution in [3.05, 3.63) is 28.3 Å². The molecule has 0 aromatic heterocycles. The Hall–Kier alpha value is -1.71. The third-order valence-electron chi connectivity index (χ3n) is 3.27. The summed E-state index contributed by atoms with van der Waals surface area (Å²) >= 11 is 0. The van der Waals surface area contributed by atoms with Crippen LogP contribution in [0.4, 0.5) is 5.69 Å². The molecule has 1 aromatic rings. The van der Waals surface area contributed by atoms with Crippen molar-refractivity contribution < 1.29 is 18.1 Å². The van der Waals surface area contributed by atoms with Gasteiger partial charge in [0.1, 0.15) is 10.6 Å². The Labute approximate surface area is 122 Å². The van der Waals surface area contributed by atoms with Gasteiger partial charge in [0.15, 0.2) is 0 Å². The van der Waals surface area contributed by atoms with Gasteiger partial charge in [-0.1, -0.05) is 0 Å². The Morgan fingerprint density at radius 1 is 1.48 bits per heavy atom. The molecule has 0 saturated carbocycles. The van der Waals surface area contributed by atoms with Crippen molar-refractivity contribution in [2.75, 3.05) is 20.2 Å². The fourth-order valence-corrected chi connectivity index (χ4v) is 3.65. The summed E-state index contributed by atoms with van der Waals surface area (Å²) in [6.45, 7) is 1.44. The number of nitro benzene ring substituents is 1. The summed E-state index contributed by atoms with van der Waals surface area (Å²) in [6, 6.07) is 3.25. The second kappa shape index (κ2) is 6.37. The number of nitrogens with one attached hydrogen (secondary N) is 2. The van der Waals surface area contributed by atoms with Crippen molar-refractivity contribution in [1.29, 1.82) is 0 Å². The van der Waals surface area contributed by atoms with E-state index in [0.29, 0.717) is 6.54 Å². The molecular weight excluding hydrogens is 298 g/mol. The average Bonchev–Trinajstić information content (AvgIpc) is 2.47. The van der Waals surface area contributed by atoms with Crippen LogP contribution in [0.5, 0.6) is 5.75 Å². The topological polar surface area (TPSA) is 111 Å². The highest BCUT2D eigenvalue weighted by atomic mass is 32.2. The lowest BCUT2D eigenvalue weighted by molar-refractivity contribution is -0.385. The van der Waals surface area contributed by atoms with Crippen molar-refractivity contribution in [2.24, 2.45) is 0 Å². The minimum Gasteiger partial charge on any atom is -0.495 e. The van der Waals surface area contributed by atoms with Crippen molar-refractivity contribution >= 4 is 15.7 Å². The number of rotatable bonds is 5. The van der Waals surface area contributed by atoms with Crippen LogP contribution in [0.2, 0.25) is 0 Å². The zero-order chi connectivity index (χ0) is 15.5. The van der Waals surface area contributed by atoms with E-state index in [1.54, 1.807) is 0 Å². The molecule has 1 saturated heterocycles. The van der Waals surface area contributed by atoms with Crippen LogP contribution in [0.1, 0.15) is 12.8 Å². The fourth-order valence-electron chi connectivity index (χ4n) is 2.23. The highest BCUT2D eigenvalue weighted by molar-refractivity contribution is 7.89. The minimum absolute atomic E-state index is 0.0412. The first-order valence-electron chi connectivity index (χ1n) is 6.49. The Morgan fingerprint density at radius 3 is 2.81 bits per heavy atom. The lowest BCUT2D eigenvalue weighted by Crippen LogP contribution is -2.45. The van der Waals surface area contributed by atoms with Crippen LogP contribution >= 0.6 is 0 Å². The van der Waals surface area contributed by atoms with Gasteiger partial charge in [0, 0.05) is 18.7 Å². The molecule has 1 heterocycles. The van der Waals surface area contributed by atoms with Gasteiger partial charge in [-0.3, -0.25) is 10.1 Å². The van der Waals surface area contributed by atoms with Gasteiger partial charge in [-0.15, -0.1) is 0 Å². The number of nitrogens with zero attached hydrogens (tertiary/aromatic N) is 1. The monoisotopic (exact) mass is 315 g/mol. The Balaban J connectivity index is 2.28. The number of non-ortho nitro benzene ring substituents is 1. The van der Waals surface area contributed by atoms with Gasteiger partial charge in [0.2, 0.25) is 10.0 Å². The predicted molar refractivity (Wildman–Crippen MR) is 75.9 cm³/mol. The van der Waals surface area contributed by atoms with Crippen LogP contribution in [0.25, 0.3) is 0 Å². The van der Waals surface area contributed by atoms with Crippen molar-refractivity contribution in [1.82, 2.24) is 10.0 Å². The molecule has 1 aliphatic rings. The molecule has 0 bridgehead atoms. The summed E-state index contributed by atoms with van der Waals surface area (Å²) < 4.78 is 32.3. The second-order valence-corrected chi connectivity index (χ2v) is 6.44. The summed E-state index contributed by atoms with van der Waals surface area (Å²) in [4.78, 5) is 10.0. The molecule has 1 fully saturated rings. The van der Waals surface area contributed by atoms with E-state index in [1.807, 2.05) is 0 Å². The molecule has 1 aliphatic heterocycles. The molecule has 0 amide bonds. The Bertz CT molecular complexity index is 626. The molecular formula is C12H17N3O5S. The summed E-state index contributed by atoms with van der Waals surface area (Å²) in [7, 11) is -2.50. The van der Waals surface area contributed by atoms with Gasteiger partial charge in [0.25, 0.3) is 5.69 Å². The molecule has 0 spiro atoms. The van der Waals surface area contributed by atoms with Crippen LogP contribution in [0.15, 0.2) is 23.1 Å². The SMILES string of the molecule is COc1cc([N+](=O)[O-])ccc1S(=O)(=O)N[C@@H]1CCCNC1. The molecule has 116 valence electrons. The molecule has 2 N–H and O–H groups in total. The molecule has 0 radical (unpaired) electrons. The number of hydrogen-bond donors (Lipinski definition) is 2. The third kappa shape index (κ3) is 3.69. The standard InChI is InChI=1S/C12H17N3O5S/c1-20-11-7-10(15(16)17)4-5-12(11)21(18,19)14-9-3-2-6-13-8-9/h4-5,7,9,13-14H,2-3,6,8H2,1H3/t9-/m1/s1. The van der Waals surface area contributed by atoms with Gasteiger partial charge in [-0.2, -0.15) is 0 Å².